The minimum Gasteiger partial charge on any atom is -0.352 e. The molecule has 0 saturated carbocycles. The number of hydrogen-bond acceptors (Lipinski definition) is 4. The minimum absolute atomic E-state index is 0.0177. The quantitative estimate of drug-likeness (QED) is 0.411. The van der Waals surface area contributed by atoms with Crippen molar-refractivity contribution >= 4 is 62.3 Å². The number of amides is 2. The van der Waals surface area contributed by atoms with Crippen LogP contribution >= 0.6 is 34.8 Å². The van der Waals surface area contributed by atoms with Gasteiger partial charge in [0.25, 0.3) is 0 Å². The molecule has 0 aromatic heterocycles. The van der Waals surface area contributed by atoms with Gasteiger partial charge in [0.05, 0.1) is 27.0 Å². The third kappa shape index (κ3) is 8.00. The van der Waals surface area contributed by atoms with E-state index in [1.165, 1.54) is 17.0 Å². The Balaban J connectivity index is 2.46. The molecule has 0 radical (unpaired) electrons. The number of benzene rings is 2. The second-order valence-corrected chi connectivity index (χ2v) is 11.6. The van der Waals surface area contributed by atoms with Gasteiger partial charge in [-0.15, -0.1) is 0 Å². The van der Waals surface area contributed by atoms with Crippen molar-refractivity contribution < 1.29 is 18.0 Å². The lowest BCUT2D eigenvalue weighted by Gasteiger charge is -2.32. The maximum atomic E-state index is 13.6. The molecule has 0 aliphatic heterocycles. The largest absolute Gasteiger partial charge is 0.352 e. The molecule has 0 saturated heterocycles. The zero-order valence-corrected chi connectivity index (χ0v) is 23.4. The van der Waals surface area contributed by atoms with Crippen LogP contribution in [-0.4, -0.2) is 50.0 Å². The number of sulfonamides is 1. The van der Waals surface area contributed by atoms with Crippen molar-refractivity contribution in [2.75, 3.05) is 17.1 Å². The Morgan fingerprint density at radius 3 is 2.23 bits per heavy atom. The lowest BCUT2D eigenvalue weighted by atomic mass is 10.1. The molecule has 2 aromatic carbocycles. The Kier molecular flexibility index (Phi) is 10.3. The average molecular weight is 563 g/mol. The molecule has 0 fully saturated rings. The van der Waals surface area contributed by atoms with Gasteiger partial charge in [-0.05, 0) is 44.9 Å². The Hall–Kier alpha value is -2.00. The van der Waals surface area contributed by atoms with Crippen LogP contribution < -0.4 is 9.62 Å². The molecule has 192 valence electrons. The number of nitrogens with one attached hydrogen (secondary N) is 1. The zero-order chi connectivity index (χ0) is 26.5. The van der Waals surface area contributed by atoms with Crippen LogP contribution in [0.15, 0.2) is 36.4 Å². The summed E-state index contributed by atoms with van der Waals surface area (Å²) in [4.78, 5) is 27.8. The van der Waals surface area contributed by atoms with Gasteiger partial charge in [-0.1, -0.05) is 71.6 Å². The maximum Gasteiger partial charge on any atom is 0.244 e. The van der Waals surface area contributed by atoms with E-state index in [2.05, 4.69) is 5.32 Å². The molecule has 0 aliphatic rings. The van der Waals surface area contributed by atoms with Crippen molar-refractivity contribution in [2.45, 2.75) is 52.7 Å². The van der Waals surface area contributed by atoms with Gasteiger partial charge in [0.15, 0.2) is 0 Å². The highest BCUT2D eigenvalue weighted by Gasteiger charge is 2.31. The first-order valence-corrected chi connectivity index (χ1v) is 14.0. The van der Waals surface area contributed by atoms with E-state index in [4.69, 9.17) is 34.8 Å². The van der Waals surface area contributed by atoms with Crippen molar-refractivity contribution in [3.05, 3.63) is 62.6 Å². The molecule has 0 aliphatic carbocycles. The van der Waals surface area contributed by atoms with Crippen LogP contribution in [0.5, 0.6) is 0 Å². The van der Waals surface area contributed by atoms with E-state index in [-0.39, 0.29) is 39.2 Å². The molecular formula is C24H30Cl3N3O4S. The molecule has 0 bridgehead atoms. The highest BCUT2D eigenvalue weighted by molar-refractivity contribution is 7.92. The summed E-state index contributed by atoms with van der Waals surface area (Å²) in [5.41, 5.74) is 1.82. The number of nitrogens with zero attached hydrogens (tertiary/aromatic N) is 2. The third-order valence-electron chi connectivity index (χ3n) is 5.54. The third-order valence-corrected chi connectivity index (χ3v) is 7.69. The summed E-state index contributed by atoms with van der Waals surface area (Å²) in [5, 5.41) is 3.14. The topological polar surface area (TPSA) is 86.8 Å². The van der Waals surface area contributed by atoms with Gasteiger partial charge in [-0.3, -0.25) is 13.9 Å². The van der Waals surface area contributed by atoms with Crippen LogP contribution in [0, 0.1) is 6.92 Å². The average Bonchev–Trinajstić information content (AvgIpc) is 2.77. The monoisotopic (exact) mass is 561 g/mol. The minimum atomic E-state index is -3.95. The van der Waals surface area contributed by atoms with Crippen LogP contribution in [0.25, 0.3) is 0 Å². The van der Waals surface area contributed by atoms with E-state index < -0.39 is 28.5 Å². The number of hydrogen-bond donors (Lipinski definition) is 1. The fourth-order valence-corrected chi connectivity index (χ4v) is 4.90. The van der Waals surface area contributed by atoms with E-state index in [9.17, 15) is 18.0 Å². The predicted molar refractivity (Wildman–Crippen MR) is 143 cm³/mol. The lowest BCUT2D eigenvalue weighted by molar-refractivity contribution is -0.139. The molecule has 2 aromatic rings. The zero-order valence-electron chi connectivity index (χ0n) is 20.3. The summed E-state index contributed by atoms with van der Waals surface area (Å²) in [5.74, 6) is -0.912. The fraction of sp³-hybridized carbons (Fsp3) is 0.417. The summed E-state index contributed by atoms with van der Waals surface area (Å²) in [6, 6.07) is 9.20. The van der Waals surface area contributed by atoms with Crippen LogP contribution in [0.2, 0.25) is 15.1 Å². The Morgan fingerprint density at radius 2 is 1.66 bits per heavy atom. The molecule has 2 amide bonds. The highest BCUT2D eigenvalue weighted by atomic mass is 35.5. The van der Waals surface area contributed by atoms with Crippen LogP contribution in [0.1, 0.15) is 38.3 Å². The number of anilines is 1. The normalized spacial score (nSPS) is 13.1. The number of aryl methyl sites for hydroxylation is 1. The van der Waals surface area contributed by atoms with E-state index in [1.54, 1.807) is 6.92 Å². The predicted octanol–water partition coefficient (Wildman–Crippen LogP) is 5.05. The van der Waals surface area contributed by atoms with Crippen molar-refractivity contribution in [1.82, 2.24) is 10.2 Å². The van der Waals surface area contributed by atoms with Crippen molar-refractivity contribution in [2.24, 2.45) is 0 Å². The van der Waals surface area contributed by atoms with Gasteiger partial charge >= 0.3 is 0 Å². The smallest absolute Gasteiger partial charge is 0.244 e. The molecule has 35 heavy (non-hydrogen) atoms. The Morgan fingerprint density at radius 1 is 1.03 bits per heavy atom. The molecule has 0 unspecified atom stereocenters. The number of rotatable bonds is 10. The summed E-state index contributed by atoms with van der Waals surface area (Å²) in [6.45, 7) is 6.88. The number of carbonyl (C=O) groups is 2. The molecular weight excluding hydrogens is 533 g/mol. The summed E-state index contributed by atoms with van der Waals surface area (Å²) in [7, 11) is -3.95. The second-order valence-electron chi connectivity index (χ2n) is 8.49. The van der Waals surface area contributed by atoms with Crippen molar-refractivity contribution in [3.63, 3.8) is 0 Å². The SMILES string of the molecule is CC[C@H](C)NC(=O)[C@H](C)N(Cc1cccc(C)c1)C(=O)CN(c1cc(Cl)c(Cl)cc1Cl)S(C)(=O)=O. The first-order chi connectivity index (χ1) is 16.2. The number of carbonyl (C=O) groups excluding carboxylic acids is 2. The molecule has 1 N–H and O–H groups in total. The van der Waals surface area contributed by atoms with Gasteiger partial charge in [0.1, 0.15) is 12.6 Å². The van der Waals surface area contributed by atoms with Gasteiger partial charge in [-0.2, -0.15) is 0 Å². The van der Waals surface area contributed by atoms with Gasteiger partial charge in [0, 0.05) is 12.6 Å². The lowest BCUT2D eigenvalue weighted by Crippen LogP contribution is -2.52. The molecule has 11 heteroatoms. The van der Waals surface area contributed by atoms with Crippen molar-refractivity contribution in [3.8, 4) is 0 Å². The fourth-order valence-electron chi connectivity index (χ4n) is 3.35. The van der Waals surface area contributed by atoms with Crippen LogP contribution in [-0.2, 0) is 26.2 Å². The van der Waals surface area contributed by atoms with Gasteiger partial charge in [0.2, 0.25) is 21.8 Å². The first-order valence-electron chi connectivity index (χ1n) is 11.0. The molecule has 0 heterocycles. The first kappa shape index (κ1) is 29.2. The van der Waals surface area contributed by atoms with E-state index in [1.807, 2.05) is 45.0 Å². The summed E-state index contributed by atoms with van der Waals surface area (Å²) < 4.78 is 26.2. The summed E-state index contributed by atoms with van der Waals surface area (Å²) in [6.07, 6.45) is 1.69. The standard InChI is InChI=1S/C24H30Cl3N3O4S/c1-6-16(3)28-24(32)17(4)29(13-18-9-7-8-15(2)10-18)23(31)14-30(35(5,33)34)22-12-20(26)19(25)11-21(22)27/h7-12,16-17H,6,13-14H2,1-5H3,(H,28,32)/t16-,17-/m0/s1. The van der Waals surface area contributed by atoms with Crippen LogP contribution in [0.3, 0.4) is 0 Å². The van der Waals surface area contributed by atoms with Crippen molar-refractivity contribution in [1.29, 1.82) is 0 Å². The highest BCUT2D eigenvalue weighted by Crippen LogP contribution is 2.35. The maximum absolute atomic E-state index is 13.6. The molecule has 2 atom stereocenters. The second kappa shape index (κ2) is 12.3. The Bertz CT molecular complexity index is 1190. The number of halogens is 3. The van der Waals surface area contributed by atoms with Crippen LogP contribution in [0.4, 0.5) is 5.69 Å². The van der Waals surface area contributed by atoms with E-state index in [0.29, 0.717) is 0 Å². The van der Waals surface area contributed by atoms with E-state index >= 15 is 0 Å². The molecule has 0 spiro atoms. The van der Waals surface area contributed by atoms with Gasteiger partial charge in [-0.25, -0.2) is 8.42 Å². The summed E-state index contributed by atoms with van der Waals surface area (Å²) >= 11 is 18.3. The molecule has 7 nitrogen and oxygen atoms in total. The Labute approximate surface area is 222 Å². The van der Waals surface area contributed by atoms with Gasteiger partial charge < -0.3 is 10.2 Å². The van der Waals surface area contributed by atoms with E-state index in [0.717, 1.165) is 28.1 Å². The molecule has 2 rings (SSSR count).